The first kappa shape index (κ1) is 18.5. The highest BCUT2D eigenvalue weighted by atomic mass is 35.5. The van der Waals surface area contributed by atoms with Crippen LogP contribution in [0.1, 0.15) is 10.4 Å². The van der Waals surface area contributed by atoms with E-state index in [1.165, 1.54) is 18.0 Å². The molecule has 0 aliphatic rings. The van der Waals surface area contributed by atoms with E-state index in [9.17, 15) is 4.79 Å². The summed E-state index contributed by atoms with van der Waals surface area (Å²) >= 11 is 13.5. The molecule has 2 aromatic carbocycles. The van der Waals surface area contributed by atoms with Crippen LogP contribution in [0.5, 0.6) is 11.5 Å². The highest BCUT2D eigenvalue weighted by Gasteiger charge is 2.16. The minimum atomic E-state index is -0.456. The van der Waals surface area contributed by atoms with Crippen LogP contribution in [0.15, 0.2) is 59.9 Å². The number of thioether (sulfide) groups is 1. The number of nitrogens with one attached hydrogen (secondary N) is 1. The Hall–Kier alpha value is -2.28. The van der Waals surface area contributed by atoms with Gasteiger partial charge in [0.1, 0.15) is 10.9 Å². The molecular formula is C18H13Cl2N3O2S. The maximum atomic E-state index is 12.6. The zero-order valence-electron chi connectivity index (χ0n) is 13.6. The number of nitrogens with zero attached hydrogens (tertiary/aromatic N) is 2. The molecule has 0 atom stereocenters. The Morgan fingerprint density at radius 3 is 2.62 bits per heavy atom. The number of hydrogen-bond acceptors (Lipinski definition) is 5. The molecule has 0 spiro atoms. The molecule has 0 aliphatic heterocycles. The Morgan fingerprint density at radius 2 is 1.92 bits per heavy atom. The normalized spacial score (nSPS) is 10.4. The molecule has 0 saturated carbocycles. The van der Waals surface area contributed by atoms with Gasteiger partial charge in [0.2, 0.25) is 0 Å². The zero-order valence-corrected chi connectivity index (χ0v) is 15.9. The lowest BCUT2D eigenvalue weighted by molar-refractivity contribution is 0.102. The molecule has 0 saturated heterocycles. The van der Waals surface area contributed by atoms with Gasteiger partial charge in [-0.3, -0.25) is 4.79 Å². The molecule has 1 heterocycles. The topological polar surface area (TPSA) is 64.1 Å². The van der Waals surface area contributed by atoms with Crippen LogP contribution in [-0.2, 0) is 0 Å². The molecule has 26 heavy (non-hydrogen) atoms. The number of amides is 1. The molecule has 1 amide bonds. The van der Waals surface area contributed by atoms with Gasteiger partial charge in [0.25, 0.3) is 5.91 Å². The van der Waals surface area contributed by atoms with Crippen molar-refractivity contribution >= 4 is 46.6 Å². The number of carbonyl (C=O) groups is 1. The van der Waals surface area contributed by atoms with E-state index in [0.717, 1.165) is 0 Å². The van der Waals surface area contributed by atoms with Crippen LogP contribution in [0.4, 0.5) is 5.69 Å². The van der Waals surface area contributed by atoms with Crippen LogP contribution in [0.2, 0.25) is 10.2 Å². The van der Waals surface area contributed by atoms with Gasteiger partial charge in [-0.1, -0.05) is 53.2 Å². The summed E-state index contributed by atoms with van der Waals surface area (Å²) in [6, 6.07) is 14.2. The van der Waals surface area contributed by atoms with E-state index in [1.807, 2.05) is 36.6 Å². The van der Waals surface area contributed by atoms with Gasteiger partial charge in [-0.2, -0.15) is 0 Å². The van der Waals surface area contributed by atoms with Gasteiger partial charge in [-0.05, 0) is 36.6 Å². The third-order valence-corrected chi connectivity index (χ3v) is 4.39. The second-order valence-corrected chi connectivity index (χ2v) is 6.64. The monoisotopic (exact) mass is 405 g/mol. The van der Waals surface area contributed by atoms with Crippen molar-refractivity contribution in [3.05, 3.63) is 70.5 Å². The quantitative estimate of drug-likeness (QED) is 0.342. The maximum Gasteiger partial charge on any atom is 0.260 e. The third-order valence-electron chi connectivity index (χ3n) is 3.31. The molecule has 132 valence electrons. The molecule has 1 aromatic heterocycles. The first-order chi connectivity index (χ1) is 12.6. The second kappa shape index (κ2) is 8.40. The standard InChI is InChI=1S/C18H13Cl2N3O2S/c1-26-18-21-10-13(16(20)23-18)17(24)22-14-9-11(19)7-8-15(14)25-12-5-3-2-4-6-12/h2-10H,1H3,(H,22,24). The van der Waals surface area contributed by atoms with E-state index in [1.54, 1.807) is 18.2 Å². The molecule has 0 aliphatic carbocycles. The average molecular weight is 406 g/mol. The fourth-order valence-electron chi connectivity index (χ4n) is 2.09. The zero-order chi connectivity index (χ0) is 18.5. The summed E-state index contributed by atoms with van der Waals surface area (Å²) in [7, 11) is 0. The Labute approximate surface area is 164 Å². The van der Waals surface area contributed by atoms with E-state index in [-0.39, 0.29) is 10.7 Å². The number of halogens is 2. The number of carbonyl (C=O) groups excluding carboxylic acids is 1. The van der Waals surface area contributed by atoms with Crippen molar-refractivity contribution in [2.75, 3.05) is 11.6 Å². The van der Waals surface area contributed by atoms with Gasteiger partial charge >= 0.3 is 0 Å². The summed E-state index contributed by atoms with van der Waals surface area (Å²) in [6.45, 7) is 0. The van der Waals surface area contributed by atoms with Gasteiger partial charge in [-0.15, -0.1) is 0 Å². The van der Waals surface area contributed by atoms with Crippen LogP contribution in [-0.4, -0.2) is 22.1 Å². The molecule has 0 radical (unpaired) electrons. The lowest BCUT2D eigenvalue weighted by atomic mass is 10.2. The van der Waals surface area contributed by atoms with Gasteiger partial charge in [0.05, 0.1) is 11.3 Å². The molecule has 0 bridgehead atoms. The highest BCUT2D eigenvalue weighted by Crippen LogP contribution is 2.32. The summed E-state index contributed by atoms with van der Waals surface area (Å²) in [5, 5.41) is 3.77. The largest absolute Gasteiger partial charge is 0.455 e. The molecule has 3 aromatic rings. The smallest absolute Gasteiger partial charge is 0.260 e. The van der Waals surface area contributed by atoms with Crippen LogP contribution < -0.4 is 10.1 Å². The minimum Gasteiger partial charge on any atom is -0.455 e. The fourth-order valence-corrected chi connectivity index (χ4v) is 2.87. The van der Waals surface area contributed by atoms with E-state index in [4.69, 9.17) is 27.9 Å². The number of para-hydroxylation sites is 1. The lowest BCUT2D eigenvalue weighted by Crippen LogP contribution is -2.14. The maximum absolute atomic E-state index is 12.6. The molecular weight excluding hydrogens is 393 g/mol. The first-order valence-electron chi connectivity index (χ1n) is 7.47. The summed E-state index contributed by atoms with van der Waals surface area (Å²) in [6.07, 6.45) is 3.21. The van der Waals surface area contributed by atoms with Crippen LogP contribution in [0, 0.1) is 0 Å². The molecule has 1 N–H and O–H groups in total. The number of hydrogen-bond donors (Lipinski definition) is 1. The van der Waals surface area contributed by atoms with Crippen molar-refractivity contribution in [3.8, 4) is 11.5 Å². The number of ether oxygens (including phenoxy) is 1. The molecule has 0 unspecified atom stereocenters. The minimum absolute atomic E-state index is 0.0782. The van der Waals surface area contributed by atoms with Crippen LogP contribution >= 0.6 is 35.0 Å². The van der Waals surface area contributed by atoms with E-state index in [2.05, 4.69) is 15.3 Å². The van der Waals surface area contributed by atoms with E-state index < -0.39 is 5.91 Å². The molecule has 0 fully saturated rings. The average Bonchev–Trinajstić information content (AvgIpc) is 2.64. The number of aromatic nitrogens is 2. The predicted molar refractivity (Wildman–Crippen MR) is 105 cm³/mol. The summed E-state index contributed by atoms with van der Waals surface area (Å²) in [4.78, 5) is 20.7. The Balaban J connectivity index is 1.87. The molecule has 3 rings (SSSR count). The van der Waals surface area contributed by atoms with Gasteiger partial charge < -0.3 is 10.1 Å². The second-order valence-electron chi connectivity index (χ2n) is 5.07. The van der Waals surface area contributed by atoms with Crippen molar-refractivity contribution in [2.45, 2.75) is 5.16 Å². The first-order valence-corrected chi connectivity index (χ1v) is 9.45. The number of benzene rings is 2. The number of anilines is 1. The van der Waals surface area contributed by atoms with Crippen molar-refractivity contribution < 1.29 is 9.53 Å². The summed E-state index contributed by atoms with van der Waals surface area (Å²) in [5.41, 5.74) is 0.575. The molecule has 8 heteroatoms. The van der Waals surface area contributed by atoms with E-state index in [0.29, 0.717) is 27.4 Å². The van der Waals surface area contributed by atoms with E-state index >= 15 is 0 Å². The Morgan fingerprint density at radius 1 is 1.15 bits per heavy atom. The van der Waals surface area contributed by atoms with Gasteiger partial charge in [0.15, 0.2) is 10.9 Å². The molecule has 5 nitrogen and oxygen atoms in total. The van der Waals surface area contributed by atoms with Crippen molar-refractivity contribution in [1.29, 1.82) is 0 Å². The Kier molecular flexibility index (Phi) is 5.98. The Bertz CT molecular complexity index is 939. The summed E-state index contributed by atoms with van der Waals surface area (Å²) < 4.78 is 5.83. The van der Waals surface area contributed by atoms with Crippen LogP contribution in [0.3, 0.4) is 0 Å². The highest BCUT2D eigenvalue weighted by molar-refractivity contribution is 7.98. The van der Waals surface area contributed by atoms with Gasteiger partial charge in [0, 0.05) is 11.2 Å². The predicted octanol–water partition coefficient (Wildman–Crippen LogP) is 5.55. The SMILES string of the molecule is CSc1ncc(C(=O)Nc2cc(Cl)ccc2Oc2ccccc2)c(Cl)n1. The van der Waals surface area contributed by atoms with Crippen molar-refractivity contribution in [1.82, 2.24) is 9.97 Å². The third kappa shape index (κ3) is 4.46. The van der Waals surface area contributed by atoms with Gasteiger partial charge in [-0.25, -0.2) is 9.97 Å². The van der Waals surface area contributed by atoms with Crippen molar-refractivity contribution in [3.63, 3.8) is 0 Å². The number of rotatable bonds is 5. The van der Waals surface area contributed by atoms with Crippen LogP contribution in [0.25, 0.3) is 0 Å². The fraction of sp³-hybridized carbons (Fsp3) is 0.0556. The van der Waals surface area contributed by atoms with Crippen molar-refractivity contribution in [2.24, 2.45) is 0 Å². The summed E-state index contributed by atoms with van der Waals surface area (Å²) in [5.74, 6) is 0.630. The lowest BCUT2D eigenvalue weighted by Gasteiger charge is -2.13.